The first-order valence-corrected chi connectivity index (χ1v) is 3.40. The molecule has 11 heavy (non-hydrogen) atoms. The van der Waals surface area contributed by atoms with Crippen LogP contribution in [0.25, 0.3) is 0 Å². The van der Waals surface area contributed by atoms with Crippen molar-refractivity contribution in [3.8, 4) is 0 Å². The van der Waals surface area contributed by atoms with Crippen molar-refractivity contribution >= 4 is 12.1 Å². The average Bonchev–Trinajstić information content (AvgIpc) is 1.87. The van der Waals surface area contributed by atoms with E-state index in [9.17, 15) is 0 Å². The molecule has 0 saturated carbocycles. The smallest absolute Gasteiger partial charge is 0.146 e. The third kappa shape index (κ3) is 6.93. The van der Waals surface area contributed by atoms with Crippen LogP contribution in [0.3, 0.4) is 0 Å². The van der Waals surface area contributed by atoms with Gasteiger partial charge in [0, 0.05) is 13.3 Å². The molecule has 0 fully saturated rings. The predicted molar refractivity (Wildman–Crippen MR) is 47.5 cm³/mol. The third-order valence-electron chi connectivity index (χ3n) is 0.919. The van der Waals surface area contributed by atoms with Crippen LogP contribution >= 0.6 is 0 Å². The number of methoxy groups -OCH3 is 1. The summed E-state index contributed by atoms with van der Waals surface area (Å²) in [5.74, 6) is 0.241. The number of nitrogens with one attached hydrogen (secondary N) is 1. The third-order valence-corrected chi connectivity index (χ3v) is 0.919. The Balaban J connectivity index is 3.74. The number of nitrogens with zero attached hydrogens (tertiary/aromatic N) is 1. The van der Waals surface area contributed by atoms with Crippen LogP contribution in [0.1, 0.15) is 13.8 Å². The van der Waals surface area contributed by atoms with Crippen molar-refractivity contribution in [2.24, 2.45) is 4.99 Å². The zero-order valence-corrected chi connectivity index (χ0v) is 7.22. The summed E-state index contributed by atoms with van der Waals surface area (Å²) in [5.41, 5.74) is 1.17. The fourth-order valence-electron chi connectivity index (χ4n) is 0.450. The predicted octanol–water partition coefficient (Wildman–Crippen LogP) is 1.65. The maximum absolute atomic E-state index is 7.18. The lowest BCUT2D eigenvalue weighted by Gasteiger charge is -1.92. The summed E-state index contributed by atoms with van der Waals surface area (Å²) in [6.07, 6.45) is 3.46. The molecule has 0 saturated heterocycles. The standard InChI is InChI=1S/C8H14N2O/c1-7(2)4-5-10-8(9)6-11-3/h4-5,9H,6H2,1-3H3. The first-order valence-electron chi connectivity index (χ1n) is 3.40. The molecule has 0 spiro atoms. The molecule has 3 nitrogen and oxygen atoms in total. The summed E-state index contributed by atoms with van der Waals surface area (Å²) in [6, 6.07) is 0. The normalized spacial score (nSPS) is 10.1. The summed E-state index contributed by atoms with van der Waals surface area (Å²) in [6.45, 7) is 4.23. The number of hydrogen-bond acceptors (Lipinski definition) is 2. The van der Waals surface area contributed by atoms with Crippen LogP contribution in [0.5, 0.6) is 0 Å². The van der Waals surface area contributed by atoms with Gasteiger partial charge in [-0.3, -0.25) is 5.41 Å². The van der Waals surface area contributed by atoms with E-state index in [0.717, 1.165) is 0 Å². The van der Waals surface area contributed by atoms with Gasteiger partial charge in [0.25, 0.3) is 0 Å². The largest absolute Gasteiger partial charge is 0.377 e. The minimum absolute atomic E-state index is 0.241. The lowest BCUT2D eigenvalue weighted by molar-refractivity contribution is 0.244. The number of allylic oxidation sites excluding steroid dienone is 2. The highest BCUT2D eigenvalue weighted by atomic mass is 16.5. The monoisotopic (exact) mass is 154 g/mol. The van der Waals surface area contributed by atoms with Crippen molar-refractivity contribution in [1.82, 2.24) is 0 Å². The van der Waals surface area contributed by atoms with E-state index >= 15 is 0 Å². The van der Waals surface area contributed by atoms with E-state index in [1.807, 2.05) is 19.9 Å². The Hall–Kier alpha value is -0.960. The van der Waals surface area contributed by atoms with Crippen LogP contribution in [0, 0.1) is 5.41 Å². The molecule has 0 aromatic carbocycles. The Morgan fingerprint density at radius 3 is 2.64 bits per heavy atom. The van der Waals surface area contributed by atoms with Crippen LogP contribution in [0.2, 0.25) is 0 Å². The van der Waals surface area contributed by atoms with Gasteiger partial charge in [0.1, 0.15) is 12.4 Å². The Kier molecular flexibility index (Phi) is 5.29. The molecular formula is C8H14N2O. The summed E-state index contributed by atoms with van der Waals surface area (Å²) in [4.78, 5) is 3.81. The Morgan fingerprint density at radius 1 is 1.55 bits per heavy atom. The highest BCUT2D eigenvalue weighted by molar-refractivity contribution is 5.91. The van der Waals surface area contributed by atoms with Crippen molar-refractivity contribution in [2.45, 2.75) is 13.8 Å². The molecule has 0 unspecified atom stereocenters. The van der Waals surface area contributed by atoms with Crippen LogP contribution in [-0.4, -0.2) is 25.8 Å². The molecule has 3 heteroatoms. The zero-order chi connectivity index (χ0) is 8.69. The SMILES string of the molecule is COCC(=N)N=CC=C(C)C. The van der Waals surface area contributed by atoms with Gasteiger partial charge in [-0.05, 0) is 19.9 Å². The molecule has 0 aromatic heterocycles. The molecule has 0 aliphatic rings. The van der Waals surface area contributed by atoms with Crippen molar-refractivity contribution in [1.29, 1.82) is 5.41 Å². The van der Waals surface area contributed by atoms with E-state index in [4.69, 9.17) is 10.1 Å². The van der Waals surface area contributed by atoms with Gasteiger partial charge in [0.2, 0.25) is 0 Å². The number of ether oxygens (including phenoxy) is 1. The quantitative estimate of drug-likeness (QED) is 0.487. The average molecular weight is 154 g/mol. The second-order valence-electron chi connectivity index (χ2n) is 2.40. The molecule has 0 atom stereocenters. The molecule has 0 bridgehead atoms. The van der Waals surface area contributed by atoms with Gasteiger partial charge >= 0.3 is 0 Å². The number of rotatable bonds is 3. The number of hydrogen-bond donors (Lipinski definition) is 1. The molecule has 0 aromatic rings. The Bertz CT molecular complexity index is 179. The molecule has 1 N–H and O–H groups in total. The van der Waals surface area contributed by atoms with Gasteiger partial charge < -0.3 is 4.74 Å². The van der Waals surface area contributed by atoms with E-state index in [1.54, 1.807) is 13.3 Å². The van der Waals surface area contributed by atoms with Gasteiger partial charge in [-0.15, -0.1) is 0 Å². The molecule has 0 aliphatic carbocycles. The van der Waals surface area contributed by atoms with Crippen LogP contribution < -0.4 is 0 Å². The summed E-state index contributed by atoms with van der Waals surface area (Å²) in [5, 5.41) is 7.18. The minimum Gasteiger partial charge on any atom is -0.377 e. The lowest BCUT2D eigenvalue weighted by atomic mass is 10.3. The highest BCUT2D eigenvalue weighted by Gasteiger charge is 1.86. The van der Waals surface area contributed by atoms with E-state index in [2.05, 4.69) is 4.99 Å². The second kappa shape index (κ2) is 5.80. The fourth-order valence-corrected chi connectivity index (χ4v) is 0.450. The summed E-state index contributed by atoms with van der Waals surface area (Å²) in [7, 11) is 1.55. The molecule has 0 aliphatic heterocycles. The first kappa shape index (κ1) is 10.0. The maximum Gasteiger partial charge on any atom is 0.146 e. The van der Waals surface area contributed by atoms with E-state index in [1.165, 1.54) is 5.57 Å². The summed E-state index contributed by atoms with van der Waals surface area (Å²) >= 11 is 0. The van der Waals surface area contributed by atoms with E-state index < -0.39 is 0 Å². The Morgan fingerprint density at radius 2 is 2.18 bits per heavy atom. The fraction of sp³-hybridized carbons (Fsp3) is 0.500. The van der Waals surface area contributed by atoms with E-state index in [-0.39, 0.29) is 12.4 Å². The van der Waals surface area contributed by atoms with Crippen molar-refractivity contribution in [3.63, 3.8) is 0 Å². The van der Waals surface area contributed by atoms with Gasteiger partial charge in [-0.25, -0.2) is 4.99 Å². The van der Waals surface area contributed by atoms with Crippen molar-refractivity contribution < 1.29 is 4.74 Å². The molecule has 0 rings (SSSR count). The number of aliphatic imine (C=N–C) groups is 1. The summed E-state index contributed by atoms with van der Waals surface area (Å²) < 4.78 is 4.70. The van der Waals surface area contributed by atoms with Gasteiger partial charge in [-0.1, -0.05) is 5.57 Å². The van der Waals surface area contributed by atoms with Gasteiger partial charge in [-0.2, -0.15) is 0 Å². The van der Waals surface area contributed by atoms with Crippen LogP contribution in [0.15, 0.2) is 16.6 Å². The maximum atomic E-state index is 7.18. The van der Waals surface area contributed by atoms with Crippen LogP contribution in [0.4, 0.5) is 0 Å². The minimum atomic E-state index is 0.241. The second-order valence-corrected chi connectivity index (χ2v) is 2.40. The first-order chi connectivity index (χ1) is 5.16. The topological polar surface area (TPSA) is 45.4 Å². The molecule has 0 heterocycles. The van der Waals surface area contributed by atoms with Crippen molar-refractivity contribution in [2.75, 3.05) is 13.7 Å². The van der Waals surface area contributed by atoms with Crippen molar-refractivity contribution in [3.05, 3.63) is 11.6 Å². The highest BCUT2D eigenvalue weighted by Crippen LogP contribution is 1.85. The zero-order valence-electron chi connectivity index (χ0n) is 7.22. The molecular weight excluding hydrogens is 140 g/mol. The molecule has 62 valence electrons. The van der Waals surface area contributed by atoms with Gasteiger partial charge in [0.05, 0.1) is 0 Å². The molecule has 0 radical (unpaired) electrons. The van der Waals surface area contributed by atoms with E-state index in [0.29, 0.717) is 0 Å². The molecule has 0 amide bonds. The van der Waals surface area contributed by atoms with Crippen LogP contribution in [-0.2, 0) is 4.74 Å². The number of amidine groups is 1. The Labute approximate surface area is 67.3 Å². The lowest BCUT2D eigenvalue weighted by Crippen LogP contribution is -2.01. The van der Waals surface area contributed by atoms with Gasteiger partial charge in [0.15, 0.2) is 0 Å².